The van der Waals surface area contributed by atoms with Crippen molar-refractivity contribution in [3.63, 3.8) is 0 Å². The number of rotatable bonds is 1. The number of hydrogen-bond donors (Lipinski definition) is 1. The van der Waals surface area contributed by atoms with E-state index in [4.69, 9.17) is 5.73 Å². The van der Waals surface area contributed by atoms with E-state index in [1.165, 1.54) is 11.3 Å². The zero-order valence-electron chi connectivity index (χ0n) is 11.4. The number of nitrogens with zero attached hydrogens (tertiary/aromatic N) is 2. The van der Waals surface area contributed by atoms with Crippen molar-refractivity contribution in [3.05, 3.63) is 51.3 Å². The highest BCUT2D eigenvalue weighted by Crippen LogP contribution is 2.34. The second-order valence-corrected chi connectivity index (χ2v) is 6.21. The van der Waals surface area contributed by atoms with Crippen molar-refractivity contribution in [2.45, 2.75) is 32.2 Å². The van der Waals surface area contributed by atoms with Gasteiger partial charge in [0.25, 0.3) is 0 Å². The number of fused-ring (bicyclic) bond motifs is 1. The van der Waals surface area contributed by atoms with Gasteiger partial charge in [0.05, 0.1) is 11.3 Å². The molecular weight excluding hydrogens is 314 g/mol. The summed E-state index contributed by atoms with van der Waals surface area (Å²) in [6.45, 7) is 2.08. The summed E-state index contributed by atoms with van der Waals surface area (Å²) >= 11 is 3.42. The highest BCUT2D eigenvalue weighted by atomic mass is 79.9. The smallest absolute Gasteiger partial charge is 0.101 e. The Hall–Kier alpha value is -1.57. The van der Waals surface area contributed by atoms with Crippen molar-refractivity contribution in [1.82, 2.24) is 4.57 Å². The van der Waals surface area contributed by atoms with Crippen LogP contribution in [0.2, 0.25) is 0 Å². The van der Waals surface area contributed by atoms with Crippen molar-refractivity contribution in [2.75, 3.05) is 0 Å². The Labute approximate surface area is 127 Å². The van der Waals surface area contributed by atoms with E-state index in [2.05, 4.69) is 39.6 Å². The van der Waals surface area contributed by atoms with Crippen molar-refractivity contribution in [3.8, 4) is 11.8 Å². The summed E-state index contributed by atoms with van der Waals surface area (Å²) < 4.78 is 3.12. The number of nitrogens with two attached hydrogens (primary N) is 1. The van der Waals surface area contributed by atoms with Crippen LogP contribution in [0.15, 0.2) is 28.7 Å². The first-order valence-corrected chi connectivity index (χ1v) is 7.58. The van der Waals surface area contributed by atoms with E-state index < -0.39 is 0 Å². The summed E-state index contributed by atoms with van der Waals surface area (Å²) in [5, 5.41) is 9.38. The molecule has 0 saturated carbocycles. The Balaban J connectivity index is 2.24. The first-order chi connectivity index (χ1) is 9.61. The van der Waals surface area contributed by atoms with Gasteiger partial charge in [-0.05, 0) is 56.0 Å². The first-order valence-electron chi connectivity index (χ1n) is 6.78. The highest BCUT2D eigenvalue weighted by Gasteiger charge is 2.23. The van der Waals surface area contributed by atoms with Crippen LogP contribution >= 0.6 is 15.9 Å². The molecule has 1 aliphatic carbocycles. The number of aromatic nitrogens is 1. The maximum Gasteiger partial charge on any atom is 0.101 e. The molecule has 0 bridgehead atoms. The molecule has 0 spiro atoms. The van der Waals surface area contributed by atoms with E-state index in [0.29, 0.717) is 5.56 Å². The second kappa shape index (κ2) is 5.08. The average Bonchev–Trinajstić information content (AvgIpc) is 2.77. The Morgan fingerprint density at radius 2 is 2.20 bits per heavy atom. The van der Waals surface area contributed by atoms with Gasteiger partial charge in [0.15, 0.2) is 0 Å². The topological polar surface area (TPSA) is 54.7 Å². The van der Waals surface area contributed by atoms with Gasteiger partial charge >= 0.3 is 0 Å². The zero-order valence-corrected chi connectivity index (χ0v) is 12.9. The van der Waals surface area contributed by atoms with E-state index in [9.17, 15) is 5.26 Å². The van der Waals surface area contributed by atoms with Crippen LogP contribution in [0.4, 0.5) is 0 Å². The minimum Gasteiger partial charge on any atom is -0.324 e. The summed E-state index contributed by atoms with van der Waals surface area (Å²) in [5.41, 5.74) is 11.5. The van der Waals surface area contributed by atoms with Gasteiger partial charge in [0, 0.05) is 21.9 Å². The average molecular weight is 330 g/mol. The predicted molar refractivity (Wildman–Crippen MR) is 82.8 cm³/mol. The van der Waals surface area contributed by atoms with Crippen LogP contribution < -0.4 is 5.73 Å². The van der Waals surface area contributed by atoms with Crippen LogP contribution in [0.5, 0.6) is 0 Å². The minimum absolute atomic E-state index is 0.125. The molecule has 0 radical (unpaired) electrons. The van der Waals surface area contributed by atoms with Crippen molar-refractivity contribution in [2.24, 2.45) is 5.73 Å². The van der Waals surface area contributed by atoms with Crippen LogP contribution in [0, 0.1) is 18.3 Å². The van der Waals surface area contributed by atoms with Crippen LogP contribution in [-0.2, 0) is 6.42 Å². The van der Waals surface area contributed by atoms with E-state index in [0.717, 1.165) is 35.1 Å². The predicted octanol–water partition coefficient (Wildman–Crippen LogP) is 3.76. The van der Waals surface area contributed by atoms with Gasteiger partial charge in [-0.2, -0.15) is 5.26 Å². The third-order valence-electron chi connectivity index (χ3n) is 3.97. The molecule has 1 heterocycles. The first kappa shape index (κ1) is 13.4. The van der Waals surface area contributed by atoms with Gasteiger partial charge in [-0.3, -0.25) is 0 Å². The van der Waals surface area contributed by atoms with Gasteiger partial charge in [-0.15, -0.1) is 0 Å². The summed E-state index contributed by atoms with van der Waals surface area (Å²) in [7, 11) is 0. The number of halogens is 1. The molecule has 4 heteroatoms. The van der Waals surface area contributed by atoms with Gasteiger partial charge in [-0.25, -0.2) is 0 Å². The standard InChI is InChI=1S/C16H16BrN3/c1-10-7-13-14(19)3-2-4-16(13)20(10)15-6-5-12(17)8-11(15)9-18/h5-8,14H,2-4,19H2,1H3. The molecule has 1 aliphatic rings. The number of hydrogen-bond acceptors (Lipinski definition) is 2. The van der Waals surface area contributed by atoms with E-state index in [-0.39, 0.29) is 6.04 Å². The lowest BCUT2D eigenvalue weighted by Gasteiger charge is -2.21. The second-order valence-electron chi connectivity index (χ2n) is 5.30. The van der Waals surface area contributed by atoms with Crippen LogP contribution in [0.1, 0.15) is 41.4 Å². The molecule has 1 aromatic carbocycles. The fourth-order valence-electron chi connectivity index (χ4n) is 3.07. The van der Waals surface area contributed by atoms with Crippen LogP contribution in [0.25, 0.3) is 5.69 Å². The molecule has 102 valence electrons. The monoisotopic (exact) mass is 329 g/mol. The normalized spacial score (nSPS) is 17.6. The molecule has 0 amide bonds. The van der Waals surface area contributed by atoms with Crippen molar-refractivity contribution < 1.29 is 0 Å². The van der Waals surface area contributed by atoms with Gasteiger partial charge in [-0.1, -0.05) is 15.9 Å². The Kier molecular flexibility index (Phi) is 3.41. The Bertz CT molecular complexity index is 709. The molecule has 20 heavy (non-hydrogen) atoms. The van der Waals surface area contributed by atoms with E-state index >= 15 is 0 Å². The van der Waals surface area contributed by atoms with Gasteiger partial charge in [0.1, 0.15) is 6.07 Å². The van der Waals surface area contributed by atoms with Crippen LogP contribution in [-0.4, -0.2) is 4.57 Å². The van der Waals surface area contributed by atoms with Gasteiger partial charge in [0.2, 0.25) is 0 Å². The third-order valence-corrected chi connectivity index (χ3v) is 4.46. The number of nitriles is 1. The SMILES string of the molecule is Cc1cc2c(n1-c1ccc(Br)cc1C#N)CCCC2N. The fraction of sp³-hybridized carbons (Fsp3) is 0.312. The largest absolute Gasteiger partial charge is 0.324 e. The molecule has 1 atom stereocenters. The molecule has 0 aliphatic heterocycles. The minimum atomic E-state index is 0.125. The maximum atomic E-state index is 9.38. The quantitative estimate of drug-likeness (QED) is 0.866. The lowest BCUT2D eigenvalue weighted by atomic mass is 9.93. The Morgan fingerprint density at radius 1 is 1.40 bits per heavy atom. The number of benzene rings is 1. The molecule has 1 unspecified atom stereocenters. The maximum absolute atomic E-state index is 9.38. The molecule has 1 aromatic heterocycles. The lowest BCUT2D eigenvalue weighted by molar-refractivity contribution is 0.560. The fourth-order valence-corrected chi connectivity index (χ4v) is 3.43. The third kappa shape index (κ3) is 2.07. The Morgan fingerprint density at radius 3 is 2.95 bits per heavy atom. The van der Waals surface area contributed by atoms with Crippen molar-refractivity contribution >= 4 is 15.9 Å². The lowest BCUT2D eigenvalue weighted by Crippen LogP contribution is -2.18. The van der Waals surface area contributed by atoms with E-state index in [1.807, 2.05) is 18.2 Å². The molecular formula is C16H16BrN3. The van der Waals surface area contributed by atoms with Gasteiger partial charge < -0.3 is 10.3 Å². The highest BCUT2D eigenvalue weighted by molar-refractivity contribution is 9.10. The van der Waals surface area contributed by atoms with Crippen molar-refractivity contribution in [1.29, 1.82) is 5.26 Å². The summed E-state index contributed by atoms with van der Waals surface area (Å²) in [6, 6.07) is 10.4. The summed E-state index contributed by atoms with van der Waals surface area (Å²) in [4.78, 5) is 0. The summed E-state index contributed by atoms with van der Waals surface area (Å²) in [5.74, 6) is 0. The number of aryl methyl sites for hydroxylation is 1. The molecule has 2 N–H and O–H groups in total. The molecule has 3 rings (SSSR count). The van der Waals surface area contributed by atoms with Crippen LogP contribution in [0.3, 0.4) is 0 Å². The summed E-state index contributed by atoms with van der Waals surface area (Å²) in [6.07, 6.45) is 3.18. The van der Waals surface area contributed by atoms with E-state index in [1.54, 1.807) is 0 Å². The molecule has 0 fully saturated rings. The zero-order chi connectivity index (χ0) is 14.3. The molecule has 0 saturated heterocycles. The molecule has 2 aromatic rings. The molecule has 3 nitrogen and oxygen atoms in total.